The molecule has 0 amide bonds. The summed E-state index contributed by atoms with van der Waals surface area (Å²) in [6.07, 6.45) is 1.71. The van der Waals surface area contributed by atoms with Crippen molar-refractivity contribution < 1.29 is 9.53 Å². The van der Waals surface area contributed by atoms with Crippen LogP contribution in [0.1, 0.15) is 12.6 Å². The Morgan fingerprint density at radius 1 is 1.65 bits per heavy atom. The van der Waals surface area contributed by atoms with Crippen LogP contribution in [0, 0.1) is 6.92 Å². The number of likely N-dealkylation sites (N-methyl/N-ethyl adjacent to an activating group) is 1. The molecule has 1 atom stereocenters. The van der Waals surface area contributed by atoms with Gasteiger partial charge in [0.05, 0.1) is 7.11 Å². The van der Waals surface area contributed by atoms with Gasteiger partial charge in [0.15, 0.2) is 5.16 Å². The van der Waals surface area contributed by atoms with Crippen molar-refractivity contribution in [2.24, 2.45) is 0 Å². The van der Waals surface area contributed by atoms with E-state index in [2.05, 4.69) is 15.3 Å². The molecule has 0 aliphatic heterocycles. The van der Waals surface area contributed by atoms with Gasteiger partial charge in [0, 0.05) is 17.6 Å². The molecule has 1 rings (SSSR count). The molecule has 0 aliphatic carbocycles. The highest BCUT2D eigenvalue weighted by Crippen LogP contribution is 2.14. The summed E-state index contributed by atoms with van der Waals surface area (Å²) in [6.45, 7) is 4.58. The molecule has 0 radical (unpaired) electrons. The first-order valence-corrected chi connectivity index (χ1v) is 6.39. The Morgan fingerprint density at radius 3 is 3.00 bits per heavy atom. The third kappa shape index (κ3) is 4.70. The predicted octanol–water partition coefficient (Wildman–Crippen LogP) is 1.03. The maximum absolute atomic E-state index is 11.5. The largest absolute Gasteiger partial charge is 0.468 e. The highest BCUT2D eigenvalue weighted by Gasteiger charge is 2.18. The number of hydrogen-bond donors (Lipinski definition) is 1. The van der Waals surface area contributed by atoms with Gasteiger partial charge in [-0.05, 0) is 19.5 Å². The minimum absolute atomic E-state index is 0.257. The van der Waals surface area contributed by atoms with Crippen LogP contribution in [0.15, 0.2) is 17.4 Å². The monoisotopic (exact) mass is 255 g/mol. The predicted molar refractivity (Wildman–Crippen MR) is 67.0 cm³/mol. The topological polar surface area (TPSA) is 64.1 Å². The van der Waals surface area contributed by atoms with Crippen molar-refractivity contribution in [3.05, 3.63) is 18.0 Å². The van der Waals surface area contributed by atoms with Crippen LogP contribution < -0.4 is 5.32 Å². The molecule has 94 valence electrons. The Morgan fingerprint density at radius 2 is 2.41 bits per heavy atom. The molecule has 5 nitrogen and oxygen atoms in total. The number of nitrogens with one attached hydrogen (secondary N) is 1. The van der Waals surface area contributed by atoms with E-state index >= 15 is 0 Å². The standard InChI is InChI=1S/C11H17N3O2S/c1-4-12-9(10(15)16-3)7-17-11-13-6-5-8(2)14-11/h5-6,9,12H,4,7H2,1-3H3. The molecule has 0 saturated carbocycles. The number of esters is 1. The molecular weight excluding hydrogens is 238 g/mol. The Balaban J connectivity index is 2.54. The van der Waals surface area contributed by atoms with E-state index in [9.17, 15) is 4.79 Å². The molecule has 1 heterocycles. The number of thioether (sulfide) groups is 1. The molecular formula is C11H17N3O2S. The molecule has 0 spiro atoms. The van der Waals surface area contributed by atoms with Gasteiger partial charge in [-0.1, -0.05) is 18.7 Å². The van der Waals surface area contributed by atoms with Crippen LogP contribution >= 0.6 is 11.8 Å². The molecule has 1 N–H and O–H groups in total. The fourth-order valence-corrected chi connectivity index (χ4v) is 2.17. The summed E-state index contributed by atoms with van der Waals surface area (Å²) in [4.78, 5) is 19.8. The van der Waals surface area contributed by atoms with Gasteiger partial charge in [0.2, 0.25) is 0 Å². The summed E-state index contributed by atoms with van der Waals surface area (Å²) in [5.74, 6) is 0.302. The normalized spacial score (nSPS) is 12.2. The Bertz CT molecular complexity index is 373. The zero-order valence-electron chi connectivity index (χ0n) is 10.3. The van der Waals surface area contributed by atoms with E-state index < -0.39 is 0 Å². The number of rotatable bonds is 6. The van der Waals surface area contributed by atoms with E-state index in [0.29, 0.717) is 10.9 Å². The summed E-state index contributed by atoms with van der Waals surface area (Å²) >= 11 is 1.44. The second-order valence-electron chi connectivity index (χ2n) is 3.43. The summed E-state index contributed by atoms with van der Waals surface area (Å²) < 4.78 is 4.72. The van der Waals surface area contributed by atoms with Gasteiger partial charge in [-0.25, -0.2) is 9.97 Å². The van der Waals surface area contributed by atoms with Crippen LogP contribution in [-0.2, 0) is 9.53 Å². The second-order valence-corrected chi connectivity index (χ2v) is 4.41. The van der Waals surface area contributed by atoms with Crippen LogP contribution in [0.25, 0.3) is 0 Å². The van der Waals surface area contributed by atoms with Gasteiger partial charge in [-0.3, -0.25) is 4.79 Å². The van der Waals surface area contributed by atoms with E-state index in [-0.39, 0.29) is 12.0 Å². The average Bonchev–Trinajstić information content (AvgIpc) is 2.33. The molecule has 0 saturated heterocycles. The van der Waals surface area contributed by atoms with Gasteiger partial charge in [0.1, 0.15) is 6.04 Å². The van der Waals surface area contributed by atoms with Crippen molar-refractivity contribution in [2.75, 3.05) is 19.4 Å². The fourth-order valence-electron chi connectivity index (χ4n) is 1.25. The van der Waals surface area contributed by atoms with Gasteiger partial charge < -0.3 is 10.1 Å². The summed E-state index contributed by atoms with van der Waals surface area (Å²) in [7, 11) is 1.39. The van der Waals surface area contributed by atoms with Gasteiger partial charge >= 0.3 is 5.97 Å². The number of carbonyl (C=O) groups excluding carboxylic acids is 1. The fraction of sp³-hybridized carbons (Fsp3) is 0.545. The minimum atomic E-state index is -0.320. The molecule has 0 aromatic carbocycles. The lowest BCUT2D eigenvalue weighted by Crippen LogP contribution is -2.39. The van der Waals surface area contributed by atoms with E-state index in [0.717, 1.165) is 12.2 Å². The lowest BCUT2D eigenvalue weighted by atomic mass is 10.3. The van der Waals surface area contributed by atoms with Gasteiger partial charge in [0.25, 0.3) is 0 Å². The maximum Gasteiger partial charge on any atom is 0.323 e. The smallest absolute Gasteiger partial charge is 0.323 e. The summed E-state index contributed by atoms with van der Waals surface area (Å²) in [6, 6.07) is 1.52. The quantitative estimate of drug-likeness (QED) is 0.465. The Labute approximate surface area is 105 Å². The third-order valence-electron chi connectivity index (χ3n) is 2.09. The lowest BCUT2D eigenvalue weighted by molar-refractivity contribution is -0.142. The molecule has 1 aromatic heterocycles. The number of aryl methyl sites for hydroxylation is 1. The van der Waals surface area contributed by atoms with Crippen LogP contribution in [0.2, 0.25) is 0 Å². The highest BCUT2D eigenvalue weighted by molar-refractivity contribution is 7.99. The Hall–Kier alpha value is -1.14. The van der Waals surface area contributed by atoms with E-state index in [1.54, 1.807) is 6.20 Å². The minimum Gasteiger partial charge on any atom is -0.468 e. The number of carbonyl (C=O) groups is 1. The van der Waals surface area contributed by atoms with Crippen molar-refractivity contribution in [1.29, 1.82) is 0 Å². The van der Waals surface area contributed by atoms with Crippen LogP contribution in [0.3, 0.4) is 0 Å². The SMILES string of the molecule is CCNC(CSc1nccc(C)n1)C(=O)OC. The van der Waals surface area contributed by atoms with Crippen LogP contribution in [-0.4, -0.2) is 41.4 Å². The number of aromatic nitrogens is 2. The highest BCUT2D eigenvalue weighted by atomic mass is 32.2. The summed E-state index contributed by atoms with van der Waals surface area (Å²) in [5.41, 5.74) is 0.917. The third-order valence-corrected chi connectivity index (χ3v) is 3.04. The average molecular weight is 255 g/mol. The molecule has 0 aliphatic rings. The molecule has 0 fully saturated rings. The Kier molecular flexibility index (Phi) is 5.93. The van der Waals surface area contributed by atoms with Gasteiger partial charge in [-0.2, -0.15) is 0 Å². The lowest BCUT2D eigenvalue weighted by Gasteiger charge is -2.14. The van der Waals surface area contributed by atoms with E-state index in [1.807, 2.05) is 19.9 Å². The summed E-state index contributed by atoms with van der Waals surface area (Å²) in [5, 5.41) is 3.74. The van der Waals surface area contributed by atoms with E-state index in [1.165, 1.54) is 18.9 Å². The molecule has 6 heteroatoms. The van der Waals surface area contributed by atoms with Gasteiger partial charge in [-0.15, -0.1) is 0 Å². The van der Waals surface area contributed by atoms with Crippen molar-refractivity contribution >= 4 is 17.7 Å². The number of ether oxygens (including phenoxy) is 1. The number of nitrogens with zero attached hydrogens (tertiary/aromatic N) is 2. The van der Waals surface area contributed by atoms with Crippen molar-refractivity contribution in [2.45, 2.75) is 25.0 Å². The molecule has 17 heavy (non-hydrogen) atoms. The van der Waals surface area contributed by atoms with Crippen molar-refractivity contribution in [3.63, 3.8) is 0 Å². The van der Waals surface area contributed by atoms with Crippen LogP contribution in [0.5, 0.6) is 0 Å². The number of hydrogen-bond acceptors (Lipinski definition) is 6. The zero-order chi connectivity index (χ0) is 12.7. The first-order valence-electron chi connectivity index (χ1n) is 5.41. The van der Waals surface area contributed by atoms with Crippen molar-refractivity contribution in [1.82, 2.24) is 15.3 Å². The zero-order valence-corrected chi connectivity index (χ0v) is 11.1. The molecule has 0 bridgehead atoms. The molecule has 1 aromatic rings. The van der Waals surface area contributed by atoms with Crippen molar-refractivity contribution in [3.8, 4) is 0 Å². The maximum atomic E-state index is 11.5. The van der Waals surface area contributed by atoms with E-state index in [4.69, 9.17) is 4.74 Å². The first-order chi connectivity index (χ1) is 8.17. The number of methoxy groups -OCH3 is 1. The second kappa shape index (κ2) is 7.24. The van der Waals surface area contributed by atoms with Crippen LogP contribution in [0.4, 0.5) is 0 Å². The first kappa shape index (κ1) is 13.9. The molecule has 1 unspecified atom stereocenters.